The Hall–Kier alpha value is -1.27. The number of piperidine rings is 1. The second kappa shape index (κ2) is 9.28. The van der Waals surface area contributed by atoms with E-state index in [-0.39, 0.29) is 6.03 Å². The van der Waals surface area contributed by atoms with Crippen molar-refractivity contribution in [2.45, 2.75) is 59.6 Å². The highest BCUT2D eigenvalue weighted by Crippen LogP contribution is 2.35. The van der Waals surface area contributed by atoms with Crippen molar-refractivity contribution in [2.24, 2.45) is 5.92 Å². The molecule has 152 valence electrons. The van der Waals surface area contributed by atoms with Gasteiger partial charge in [0.25, 0.3) is 0 Å². The molecule has 6 heteroatoms. The highest BCUT2D eigenvalue weighted by molar-refractivity contribution is 7.14. The lowest BCUT2D eigenvalue weighted by atomic mass is 10.1. The van der Waals surface area contributed by atoms with Crippen LogP contribution in [0.5, 0.6) is 5.06 Å². The Morgan fingerprint density at radius 1 is 1.26 bits per heavy atom. The predicted molar refractivity (Wildman–Crippen MR) is 112 cm³/mol. The molecule has 5 nitrogen and oxygen atoms in total. The van der Waals surface area contributed by atoms with Gasteiger partial charge in [-0.3, -0.25) is 0 Å². The largest absolute Gasteiger partial charge is 0.481 e. The van der Waals surface area contributed by atoms with E-state index in [0.29, 0.717) is 6.10 Å². The first-order chi connectivity index (χ1) is 13.0. The van der Waals surface area contributed by atoms with Crippen LogP contribution < -0.4 is 4.74 Å². The normalized spacial score (nSPS) is 18.6. The molecule has 0 spiro atoms. The lowest BCUT2D eigenvalue weighted by molar-refractivity contribution is 0.0969. The molecule has 27 heavy (non-hydrogen) atoms. The van der Waals surface area contributed by atoms with Crippen molar-refractivity contribution in [2.75, 3.05) is 39.3 Å². The third kappa shape index (κ3) is 5.17. The zero-order chi connectivity index (χ0) is 19.4. The van der Waals surface area contributed by atoms with Crippen molar-refractivity contribution in [1.29, 1.82) is 0 Å². The first-order valence-corrected chi connectivity index (χ1v) is 11.4. The molecule has 3 rings (SSSR count). The molecule has 2 aliphatic rings. The van der Waals surface area contributed by atoms with E-state index in [4.69, 9.17) is 4.74 Å². The molecule has 0 saturated carbocycles. The molecule has 1 aromatic heterocycles. The molecule has 2 amide bonds. The first kappa shape index (κ1) is 20.5. The topological polar surface area (TPSA) is 36.0 Å². The van der Waals surface area contributed by atoms with Crippen molar-refractivity contribution >= 4 is 17.4 Å². The van der Waals surface area contributed by atoms with E-state index in [1.54, 1.807) is 11.3 Å². The van der Waals surface area contributed by atoms with E-state index in [2.05, 4.69) is 24.8 Å². The van der Waals surface area contributed by atoms with E-state index in [0.717, 1.165) is 69.5 Å². The number of carbonyl (C=O) groups is 1. The summed E-state index contributed by atoms with van der Waals surface area (Å²) in [6.07, 6.45) is 3.50. The molecule has 2 aliphatic heterocycles. The molecule has 0 radical (unpaired) electrons. The minimum atomic E-state index is 0.166. The maximum atomic E-state index is 12.6. The van der Waals surface area contributed by atoms with E-state index in [1.165, 1.54) is 17.0 Å². The predicted octanol–water partition coefficient (Wildman–Crippen LogP) is 4.07. The number of amides is 2. The Morgan fingerprint density at radius 3 is 2.59 bits per heavy atom. The van der Waals surface area contributed by atoms with Gasteiger partial charge in [0.2, 0.25) is 0 Å². The van der Waals surface area contributed by atoms with Crippen LogP contribution in [0.2, 0.25) is 0 Å². The molecule has 3 heterocycles. The Labute approximate surface area is 168 Å². The van der Waals surface area contributed by atoms with E-state index < -0.39 is 0 Å². The zero-order valence-corrected chi connectivity index (χ0v) is 18.2. The summed E-state index contributed by atoms with van der Waals surface area (Å²) in [6.45, 7) is 15.2. The first-order valence-electron chi connectivity index (χ1n) is 10.5. The number of urea groups is 1. The molecule has 1 fully saturated rings. The quantitative estimate of drug-likeness (QED) is 0.731. The fraction of sp³-hybridized carbons (Fsp3) is 0.762. The van der Waals surface area contributed by atoms with E-state index in [9.17, 15) is 4.79 Å². The average molecular weight is 394 g/mol. The van der Waals surface area contributed by atoms with E-state index >= 15 is 0 Å². The number of hydrogen-bond acceptors (Lipinski definition) is 4. The minimum Gasteiger partial charge on any atom is -0.481 e. The maximum Gasteiger partial charge on any atom is 0.320 e. The molecule has 0 bridgehead atoms. The molecular weight excluding hydrogens is 358 g/mol. The molecule has 0 aromatic carbocycles. The van der Waals surface area contributed by atoms with Crippen LogP contribution >= 0.6 is 11.3 Å². The summed E-state index contributed by atoms with van der Waals surface area (Å²) >= 11 is 1.74. The lowest BCUT2D eigenvalue weighted by Crippen LogP contribution is -2.44. The van der Waals surface area contributed by atoms with Crippen LogP contribution in [-0.4, -0.2) is 66.1 Å². The molecule has 0 N–H and O–H groups in total. The van der Waals surface area contributed by atoms with Gasteiger partial charge in [0.1, 0.15) is 6.10 Å². The molecule has 0 unspecified atom stereocenters. The van der Waals surface area contributed by atoms with Crippen molar-refractivity contribution in [3.8, 4) is 5.06 Å². The second-order valence-corrected chi connectivity index (χ2v) is 9.25. The molecule has 0 aliphatic carbocycles. The lowest BCUT2D eigenvalue weighted by Gasteiger charge is -2.32. The Balaban J connectivity index is 1.54. The number of hydrogen-bond donors (Lipinski definition) is 0. The highest BCUT2D eigenvalue weighted by Gasteiger charge is 2.27. The Morgan fingerprint density at radius 2 is 1.96 bits per heavy atom. The smallest absolute Gasteiger partial charge is 0.320 e. The summed E-state index contributed by atoms with van der Waals surface area (Å²) in [6, 6.07) is 2.39. The highest BCUT2D eigenvalue weighted by atomic mass is 32.1. The number of likely N-dealkylation sites (tertiary alicyclic amines) is 1. The zero-order valence-electron chi connectivity index (χ0n) is 17.4. The van der Waals surface area contributed by atoms with Crippen LogP contribution in [0.15, 0.2) is 6.07 Å². The summed E-state index contributed by atoms with van der Waals surface area (Å²) in [5, 5.41) is 1.04. The van der Waals surface area contributed by atoms with Gasteiger partial charge in [0.05, 0.1) is 6.54 Å². The number of thiophene rings is 1. The van der Waals surface area contributed by atoms with Crippen LogP contribution in [0.4, 0.5) is 4.79 Å². The van der Waals surface area contributed by atoms with Gasteiger partial charge in [-0.15, -0.1) is 11.3 Å². The molecule has 1 saturated heterocycles. The molecule has 0 atom stereocenters. The van der Waals surface area contributed by atoms with Gasteiger partial charge in [-0.25, -0.2) is 4.79 Å². The summed E-state index contributed by atoms with van der Waals surface area (Å²) in [5.74, 6) is 0.730. The van der Waals surface area contributed by atoms with E-state index in [1.807, 2.05) is 23.6 Å². The van der Waals surface area contributed by atoms with Crippen LogP contribution in [0, 0.1) is 5.92 Å². The molecule has 1 aromatic rings. The van der Waals surface area contributed by atoms with Crippen molar-refractivity contribution in [3.05, 3.63) is 16.5 Å². The average Bonchev–Trinajstić information content (AvgIpc) is 3.05. The van der Waals surface area contributed by atoms with Gasteiger partial charge in [0.15, 0.2) is 5.06 Å². The summed E-state index contributed by atoms with van der Waals surface area (Å²) in [7, 11) is 0. The number of ether oxygens (including phenoxy) is 1. The second-order valence-electron chi connectivity index (χ2n) is 8.15. The summed E-state index contributed by atoms with van der Waals surface area (Å²) in [4.78, 5) is 20.4. The summed E-state index contributed by atoms with van der Waals surface area (Å²) in [5.41, 5.74) is 1.37. The SMILES string of the molecule is CCN(CC)C(=O)N1CCc2cc(OC3CCN(CC(C)C)CC3)sc2C1. The summed E-state index contributed by atoms with van der Waals surface area (Å²) < 4.78 is 6.32. The van der Waals surface area contributed by atoms with Crippen LogP contribution in [0.25, 0.3) is 0 Å². The van der Waals surface area contributed by atoms with Crippen molar-refractivity contribution in [1.82, 2.24) is 14.7 Å². The maximum absolute atomic E-state index is 12.6. The van der Waals surface area contributed by atoms with Gasteiger partial charge in [-0.2, -0.15) is 0 Å². The third-order valence-electron chi connectivity index (χ3n) is 5.60. The monoisotopic (exact) mass is 393 g/mol. The number of nitrogens with zero attached hydrogens (tertiary/aromatic N) is 3. The number of fused-ring (bicyclic) bond motifs is 1. The van der Waals surface area contributed by atoms with Gasteiger partial charge in [-0.1, -0.05) is 13.8 Å². The van der Waals surface area contributed by atoms with Crippen LogP contribution in [-0.2, 0) is 13.0 Å². The Kier molecular flexibility index (Phi) is 7.04. The fourth-order valence-corrected chi connectivity index (χ4v) is 5.24. The standard InChI is InChI=1S/C21H35N3O2S/c1-5-23(6-2)21(25)24-12-7-17-13-20(27-19(17)15-24)26-18-8-10-22(11-9-18)14-16(3)4/h13,16,18H,5-12,14-15H2,1-4H3. The van der Waals surface area contributed by atoms with Crippen LogP contribution in [0.3, 0.4) is 0 Å². The fourth-order valence-electron chi connectivity index (χ4n) is 4.10. The van der Waals surface area contributed by atoms with Crippen LogP contribution in [0.1, 0.15) is 51.0 Å². The van der Waals surface area contributed by atoms with Gasteiger partial charge >= 0.3 is 6.03 Å². The van der Waals surface area contributed by atoms with Gasteiger partial charge in [-0.05, 0) is 50.7 Å². The number of carbonyl (C=O) groups excluding carboxylic acids is 1. The Bertz CT molecular complexity index is 619. The van der Waals surface area contributed by atoms with Gasteiger partial charge < -0.3 is 19.4 Å². The third-order valence-corrected chi connectivity index (χ3v) is 6.66. The molecular formula is C21H35N3O2S. The van der Waals surface area contributed by atoms with Crippen molar-refractivity contribution < 1.29 is 9.53 Å². The number of rotatable bonds is 6. The minimum absolute atomic E-state index is 0.166. The van der Waals surface area contributed by atoms with Crippen molar-refractivity contribution in [3.63, 3.8) is 0 Å². The van der Waals surface area contributed by atoms with Gasteiger partial charge in [0, 0.05) is 44.1 Å².